The number of fused-ring (bicyclic) bond motifs is 3. The van der Waals surface area contributed by atoms with E-state index in [4.69, 9.17) is 29.0 Å². The van der Waals surface area contributed by atoms with Gasteiger partial charge in [-0.15, -0.1) is 0 Å². The monoisotopic (exact) mass is 1100 g/mol. The first-order valence-electron chi connectivity index (χ1n) is 26.2. The predicted molar refractivity (Wildman–Crippen MR) is 281 cm³/mol. The number of cyclic esters (lactones) is 1. The standard InChI is InChI=1S/C52H83N3O18P2/c1-3-5-7-8-9-10-11-12-13-14-15-16-17-18-19-20-26-30-48(60)71-40-36-68-47(59)29-25-22-21-24-28-42-44(58)35-43(57)41(32-31-39(56)27-23-6-4-2)49(61)50(62)45(38-70-75(66,67)73-74(64,65)69-37-40)72-51(42)55-34-33-46(53)54-52(55)63/h9-10,12-13,15-16,18-19,21,24,31-34,39-45,49-51,56-58,61-62H,3-8,11,14,17,20,22-23,25-30,35-38H2,1-2H3,(H,64,65)(H,66,67)(H2,53,54,63)/b10-9-,13-12-,16-15-,19-18-,24-21-,32-31+/t39-,40+,41-,42-,43+,44-,45+,49-,50+,51+/m0/s1. The number of carbonyl (C=O) groups is 2. The Labute approximate surface area is 441 Å². The van der Waals surface area contributed by atoms with E-state index < -0.39 is 120 Å². The van der Waals surface area contributed by atoms with E-state index in [0.717, 1.165) is 36.7 Å². The number of nitrogens with two attached hydrogens (primary N) is 1. The van der Waals surface area contributed by atoms with E-state index in [1.54, 1.807) is 12.2 Å². The molecule has 1 aromatic rings. The molecule has 0 amide bonds. The Morgan fingerprint density at radius 2 is 1.47 bits per heavy atom. The van der Waals surface area contributed by atoms with E-state index in [9.17, 15) is 58.8 Å². The van der Waals surface area contributed by atoms with Crippen LogP contribution in [0.15, 0.2) is 90.0 Å². The van der Waals surface area contributed by atoms with Crippen LogP contribution >= 0.6 is 15.6 Å². The highest BCUT2D eigenvalue weighted by Gasteiger charge is 2.45. The lowest BCUT2D eigenvalue weighted by atomic mass is 9.82. The molecule has 0 saturated carbocycles. The van der Waals surface area contributed by atoms with Crippen LogP contribution in [0.25, 0.3) is 0 Å². The molecule has 9 N–H and O–H groups in total. The van der Waals surface area contributed by atoms with Crippen molar-refractivity contribution in [1.29, 1.82) is 0 Å². The van der Waals surface area contributed by atoms with Crippen LogP contribution < -0.4 is 11.4 Å². The molecule has 0 radical (unpaired) electrons. The van der Waals surface area contributed by atoms with E-state index >= 15 is 0 Å². The van der Waals surface area contributed by atoms with Gasteiger partial charge in [-0.1, -0.05) is 119 Å². The molecule has 1 fully saturated rings. The molecule has 2 unspecified atom stereocenters. The van der Waals surface area contributed by atoms with Gasteiger partial charge in [0, 0.05) is 37.3 Å². The summed E-state index contributed by atoms with van der Waals surface area (Å²) in [6, 6.07) is 1.24. The summed E-state index contributed by atoms with van der Waals surface area (Å²) in [5.74, 6) is -4.24. The number of aromatic nitrogens is 2. The number of hydrogen-bond acceptors (Lipinski definition) is 18. The van der Waals surface area contributed by atoms with Crippen LogP contribution in [-0.2, 0) is 46.3 Å². The Balaban J connectivity index is 1.80. The number of rotatable bonds is 22. The Morgan fingerprint density at radius 3 is 2.12 bits per heavy atom. The number of ether oxygens (including phenoxy) is 3. The second-order valence-corrected chi connectivity index (χ2v) is 21.7. The highest BCUT2D eigenvalue weighted by molar-refractivity contribution is 7.61. The second-order valence-electron chi connectivity index (χ2n) is 18.6. The van der Waals surface area contributed by atoms with Gasteiger partial charge in [-0.05, 0) is 76.7 Å². The lowest BCUT2D eigenvalue weighted by Gasteiger charge is -2.40. The quantitative estimate of drug-likeness (QED) is 0.0245. The van der Waals surface area contributed by atoms with E-state index in [2.05, 4.69) is 46.6 Å². The number of nitrogens with zero attached hydrogens (tertiary/aromatic N) is 2. The number of carbonyl (C=O) groups excluding carboxylic acids is 2. The maximum absolute atomic E-state index is 13.4. The van der Waals surface area contributed by atoms with Gasteiger partial charge in [-0.3, -0.25) is 23.2 Å². The predicted octanol–water partition coefficient (Wildman–Crippen LogP) is 7.27. The zero-order valence-electron chi connectivity index (χ0n) is 43.4. The molecule has 23 heteroatoms. The van der Waals surface area contributed by atoms with Crippen molar-refractivity contribution >= 4 is 33.4 Å². The summed E-state index contributed by atoms with van der Waals surface area (Å²) in [5.41, 5.74) is 4.77. The number of hydrogen-bond donors (Lipinski definition) is 8. The minimum absolute atomic E-state index is 0.0786. The lowest BCUT2D eigenvalue weighted by molar-refractivity contribution is -0.194. The van der Waals surface area contributed by atoms with Crippen LogP contribution in [0.4, 0.5) is 5.82 Å². The minimum atomic E-state index is -5.72. The number of anilines is 1. The van der Waals surface area contributed by atoms with Crippen molar-refractivity contribution in [2.75, 3.05) is 25.6 Å². The first-order chi connectivity index (χ1) is 35.9. The molecule has 3 heterocycles. The fraction of sp³-hybridized carbons (Fsp3) is 0.654. The lowest BCUT2D eigenvalue weighted by Crippen LogP contribution is -2.52. The van der Waals surface area contributed by atoms with Gasteiger partial charge in [0.2, 0.25) is 0 Å². The van der Waals surface area contributed by atoms with E-state index in [0.29, 0.717) is 38.5 Å². The van der Waals surface area contributed by atoms with Crippen molar-refractivity contribution in [2.24, 2.45) is 11.8 Å². The molecule has 0 aromatic carbocycles. The Bertz CT molecular complexity index is 2170. The molecule has 0 spiro atoms. The molecule has 1 saturated heterocycles. The summed E-state index contributed by atoms with van der Waals surface area (Å²) >= 11 is 0. The first kappa shape index (κ1) is 65.4. The molecular formula is C52H83N3O18P2. The summed E-state index contributed by atoms with van der Waals surface area (Å²) in [5, 5.41) is 57.5. The summed E-state index contributed by atoms with van der Waals surface area (Å²) in [7, 11) is -11.3. The number of aliphatic hydroxyl groups excluding tert-OH is 5. The van der Waals surface area contributed by atoms with E-state index in [1.807, 2.05) is 25.2 Å². The Morgan fingerprint density at radius 1 is 0.840 bits per heavy atom. The number of phosphoric acid groups is 2. The molecule has 21 nitrogen and oxygen atoms in total. The third kappa shape index (κ3) is 26.8. The van der Waals surface area contributed by atoms with Gasteiger partial charge in [0.05, 0.1) is 37.6 Å². The topological polar surface area (TPSA) is 326 Å². The zero-order valence-corrected chi connectivity index (χ0v) is 45.2. The Kier molecular flexibility index (Phi) is 31.6. The van der Waals surface area contributed by atoms with E-state index in [-0.39, 0.29) is 31.5 Å². The van der Waals surface area contributed by atoms with Crippen LogP contribution in [0.3, 0.4) is 0 Å². The maximum atomic E-state index is 13.4. The number of phosphoric ester groups is 2. The van der Waals surface area contributed by atoms with Gasteiger partial charge >= 0.3 is 33.3 Å². The fourth-order valence-electron chi connectivity index (χ4n) is 8.11. The summed E-state index contributed by atoms with van der Waals surface area (Å²) < 4.78 is 59.0. The van der Waals surface area contributed by atoms with Crippen LogP contribution in [0.1, 0.15) is 142 Å². The highest BCUT2D eigenvalue weighted by Crippen LogP contribution is 2.60. The number of esters is 2. The van der Waals surface area contributed by atoms with Crippen molar-refractivity contribution in [3.05, 3.63) is 95.7 Å². The number of unbranched alkanes of at least 4 members (excludes halogenated alkanes) is 6. The molecule has 3 rings (SSSR count). The summed E-state index contributed by atoms with van der Waals surface area (Å²) in [6.07, 6.45) is 21.0. The van der Waals surface area contributed by atoms with Gasteiger partial charge in [0.25, 0.3) is 0 Å². The van der Waals surface area contributed by atoms with Crippen LogP contribution in [-0.4, -0.2) is 119 Å². The summed E-state index contributed by atoms with van der Waals surface area (Å²) in [4.78, 5) is 64.2. The highest BCUT2D eigenvalue weighted by atomic mass is 31.3. The number of nitrogen functional groups attached to an aromatic ring is 1. The van der Waals surface area contributed by atoms with Crippen LogP contribution in [0.2, 0.25) is 0 Å². The molecule has 75 heavy (non-hydrogen) atoms. The van der Waals surface area contributed by atoms with Crippen molar-refractivity contribution in [3.8, 4) is 0 Å². The minimum Gasteiger partial charge on any atom is -0.462 e. The third-order valence-electron chi connectivity index (χ3n) is 12.3. The van der Waals surface area contributed by atoms with Crippen molar-refractivity contribution in [2.45, 2.75) is 185 Å². The second kappa shape index (κ2) is 36.2. The van der Waals surface area contributed by atoms with Gasteiger partial charge in [0.1, 0.15) is 30.9 Å². The van der Waals surface area contributed by atoms with E-state index in [1.165, 1.54) is 43.7 Å². The molecule has 2 aliphatic heterocycles. The summed E-state index contributed by atoms with van der Waals surface area (Å²) in [6.45, 7) is 1.40. The Hall–Kier alpha value is -3.92. The molecule has 1 aromatic heterocycles. The van der Waals surface area contributed by atoms with Gasteiger partial charge in [-0.2, -0.15) is 9.29 Å². The van der Waals surface area contributed by atoms with Gasteiger partial charge < -0.3 is 55.3 Å². The van der Waals surface area contributed by atoms with Gasteiger partial charge in [-0.25, -0.2) is 13.9 Å². The van der Waals surface area contributed by atoms with Crippen LogP contribution in [0.5, 0.6) is 0 Å². The average Bonchev–Trinajstić information content (AvgIpc) is 3.35. The molecule has 0 aliphatic carbocycles. The molecular weight excluding hydrogens is 1020 g/mol. The fourth-order valence-corrected chi connectivity index (χ4v) is 10.2. The third-order valence-corrected chi connectivity index (χ3v) is 14.9. The molecule has 12 atom stereocenters. The smallest absolute Gasteiger partial charge is 0.462 e. The largest absolute Gasteiger partial charge is 0.481 e. The zero-order chi connectivity index (χ0) is 55.1. The number of aliphatic hydroxyl groups is 5. The molecule has 424 valence electrons. The SMILES string of the molecule is CCCCC/C=C\C/C=C\C/C=C\C/C=C\CCCC(=O)O[C@@H]1COC(=O)CCC/C=C\C[C@@H]2[C@H](n3ccc(N)nc3=O)O[C@H](COP(=O)(O)OP(=O)(O)OC1)[C@@H](O)[C@@H](O)[C@@H](/C=C/[C@@H](O)CCCCC)[C@H](O)C[C@@H]2O. The van der Waals surface area contributed by atoms with Crippen molar-refractivity contribution < 1.29 is 81.6 Å². The molecule has 2 aliphatic rings. The van der Waals surface area contributed by atoms with Crippen molar-refractivity contribution in [1.82, 2.24) is 9.55 Å². The van der Waals surface area contributed by atoms with Gasteiger partial charge in [0.15, 0.2) is 6.10 Å². The maximum Gasteiger partial charge on any atom is 0.481 e. The van der Waals surface area contributed by atoms with Crippen molar-refractivity contribution in [3.63, 3.8) is 0 Å². The normalized spacial score (nSPS) is 30.5. The number of allylic oxidation sites excluding steroid dienone is 10. The first-order valence-corrected chi connectivity index (χ1v) is 29.2. The van der Waals surface area contributed by atoms with Crippen LogP contribution in [0, 0.1) is 11.8 Å². The molecule has 2 bridgehead atoms. The average molecular weight is 1100 g/mol.